The summed E-state index contributed by atoms with van der Waals surface area (Å²) >= 11 is 1.48. The van der Waals surface area contributed by atoms with E-state index in [4.69, 9.17) is 4.74 Å². The minimum absolute atomic E-state index is 0.308. The molecular formula is C15H13F3O2S. The summed E-state index contributed by atoms with van der Waals surface area (Å²) in [5.41, 5.74) is 0.0876. The van der Waals surface area contributed by atoms with Crippen LogP contribution >= 0.6 is 11.3 Å². The van der Waals surface area contributed by atoms with Crippen molar-refractivity contribution in [3.8, 4) is 10.4 Å². The van der Waals surface area contributed by atoms with Crippen LogP contribution in [0.1, 0.15) is 17.4 Å². The maximum absolute atomic E-state index is 12.5. The average molecular weight is 314 g/mol. The van der Waals surface area contributed by atoms with E-state index in [0.29, 0.717) is 13.0 Å². The Morgan fingerprint density at radius 1 is 1.14 bits per heavy atom. The Labute approximate surface area is 124 Å². The van der Waals surface area contributed by atoms with Crippen LogP contribution in [0.25, 0.3) is 10.4 Å². The molecule has 112 valence electrons. The average Bonchev–Trinajstić information content (AvgIpc) is 2.86. The number of hydrogen-bond acceptors (Lipinski definition) is 3. The van der Waals surface area contributed by atoms with Gasteiger partial charge in [0, 0.05) is 23.1 Å². The number of benzene rings is 1. The van der Waals surface area contributed by atoms with Crippen LogP contribution in [0.3, 0.4) is 0 Å². The molecule has 0 saturated heterocycles. The summed E-state index contributed by atoms with van der Waals surface area (Å²) in [4.78, 5) is 12.6. The molecule has 0 N–H and O–H groups in total. The molecule has 1 aromatic carbocycles. The van der Waals surface area contributed by atoms with Gasteiger partial charge in [-0.25, -0.2) is 0 Å². The number of rotatable bonds is 4. The second kappa shape index (κ2) is 6.30. The van der Waals surface area contributed by atoms with Crippen molar-refractivity contribution in [1.29, 1.82) is 0 Å². The second-order valence-corrected chi connectivity index (χ2v) is 5.60. The van der Waals surface area contributed by atoms with Gasteiger partial charge in [0.15, 0.2) is 0 Å². The predicted octanol–water partition coefficient (Wildman–Crippen LogP) is 4.54. The normalized spacial score (nSPS) is 11.4. The Morgan fingerprint density at radius 2 is 1.81 bits per heavy atom. The van der Waals surface area contributed by atoms with Gasteiger partial charge in [0.25, 0.3) is 0 Å². The number of ether oxygens (including phenoxy) is 1. The van der Waals surface area contributed by atoms with Gasteiger partial charge in [-0.2, -0.15) is 13.2 Å². The first kappa shape index (κ1) is 15.6. The molecule has 0 aliphatic carbocycles. The highest BCUT2D eigenvalue weighted by molar-refractivity contribution is 7.15. The lowest BCUT2D eigenvalue weighted by Gasteiger charge is -2.06. The van der Waals surface area contributed by atoms with Crippen molar-refractivity contribution < 1.29 is 22.7 Å². The van der Waals surface area contributed by atoms with Crippen LogP contribution in [-0.4, -0.2) is 12.6 Å². The number of carbonyl (C=O) groups excluding carboxylic acids is 1. The third-order valence-corrected chi connectivity index (χ3v) is 4.01. The minimum Gasteiger partial charge on any atom is -0.465 e. The Balaban J connectivity index is 2.05. The van der Waals surface area contributed by atoms with Gasteiger partial charge in [-0.05, 0) is 29.8 Å². The van der Waals surface area contributed by atoms with Gasteiger partial charge in [0.05, 0.1) is 12.2 Å². The van der Waals surface area contributed by atoms with Gasteiger partial charge in [0.2, 0.25) is 0 Å². The molecular weight excluding hydrogens is 301 g/mol. The van der Waals surface area contributed by atoms with E-state index >= 15 is 0 Å². The van der Waals surface area contributed by atoms with Gasteiger partial charge in [-0.15, -0.1) is 11.3 Å². The van der Waals surface area contributed by atoms with Crippen LogP contribution in [0.15, 0.2) is 36.4 Å². The summed E-state index contributed by atoms with van der Waals surface area (Å²) in [6.45, 7) is 1.66. The van der Waals surface area contributed by atoms with Crippen LogP contribution in [0.4, 0.5) is 13.2 Å². The standard InChI is InChI=1S/C15H13F3O2S/c1-10(19)20-9-8-13-6-7-14(21-13)11-2-4-12(5-3-11)15(16,17)18/h2-7H,8-9H2,1H3. The topological polar surface area (TPSA) is 26.3 Å². The molecule has 6 heteroatoms. The number of alkyl halides is 3. The van der Waals surface area contributed by atoms with Crippen molar-refractivity contribution in [2.45, 2.75) is 19.5 Å². The zero-order valence-corrected chi connectivity index (χ0v) is 12.1. The number of carbonyl (C=O) groups is 1. The fourth-order valence-electron chi connectivity index (χ4n) is 1.79. The zero-order chi connectivity index (χ0) is 15.5. The molecule has 2 rings (SSSR count). The Bertz CT molecular complexity index is 615. The van der Waals surface area contributed by atoms with E-state index in [-0.39, 0.29) is 5.97 Å². The van der Waals surface area contributed by atoms with Gasteiger partial charge >= 0.3 is 12.1 Å². The van der Waals surface area contributed by atoms with E-state index in [0.717, 1.165) is 27.5 Å². The molecule has 1 aromatic heterocycles. The second-order valence-electron chi connectivity index (χ2n) is 4.43. The molecule has 2 nitrogen and oxygen atoms in total. The van der Waals surface area contributed by atoms with Crippen molar-refractivity contribution in [3.05, 3.63) is 46.8 Å². The van der Waals surface area contributed by atoms with Crippen molar-refractivity contribution in [2.24, 2.45) is 0 Å². The molecule has 0 atom stereocenters. The van der Waals surface area contributed by atoms with Crippen LogP contribution < -0.4 is 0 Å². The SMILES string of the molecule is CC(=O)OCCc1ccc(-c2ccc(C(F)(F)F)cc2)s1. The number of thiophene rings is 1. The van der Waals surface area contributed by atoms with Crippen molar-refractivity contribution in [3.63, 3.8) is 0 Å². The highest BCUT2D eigenvalue weighted by Gasteiger charge is 2.29. The molecule has 0 fully saturated rings. The molecule has 0 saturated carbocycles. The number of halogens is 3. The van der Waals surface area contributed by atoms with Crippen molar-refractivity contribution >= 4 is 17.3 Å². The molecule has 1 heterocycles. The monoisotopic (exact) mass is 314 g/mol. The summed E-state index contributed by atoms with van der Waals surface area (Å²) in [5.74, 6) is -0.325. The zero-order valence-electron chi connectivity index (χ0n) is 11.2. The Morgan fingerprint density at radius 3 is 2.38 bits per heavy atom. The molecule has 0 aliphatic heterocycles. The van der Waals surface area contributed by atoms with E-state index < -0.39 is 11.7 Å². The van der Waals surface area contributed by atoms with E-state index in [1.54, 1.807) is 0 Å². The first-order valence-electron chi connectivity index (χ1n) is 6.26. The number of hydrogen-bond donors (Lipinski definition) is 0. The fraction of sp³-hybridized carbons (Fsp3) is 0.267. The lowest BCUT2D eigenvalue weighted by atomic mass is 10.1. The minimum atomic E-state index is -4.32. The quantitative estimate of drug-likeness (QED) is 0.775. The Kier molecular flexibility index (Phi) is 4.67. The van der Waals surface area contributed by atoms with Crippen LogP contribution in [0.2, 0.25) is 0 Å². The predicted molar refractivity (Wildman–Crippen MR) is 75.1 cm³/mol. The number of esters is 1. The fourth-order valence-corrected chi connectivity index (χ4v) is 2.78. The summed E-state index contributed by atoms with van der Waals surface area (Å²) < 4.78 is 42.3. The van der Waals surface area contributed by atoms with Crippen molar-refractivity contribution in [2.75, 3.05) is 6.61 Å². The molecule has 0 spiro atoms. The molecule has 21 heavy (non-hydrogen) atoms. The molecule has 0 aliphatic rings. The van der Waals surface area contributed by atoms with Crippen molar-refractivity contribution in [1.82, 2.24) is 0 Å². The highest BCUT2D eigenvalue weighted by Crippen LogP contribution is 2.33. The van der Waals surface area contributed by atoms with Crippen LogP contribution in [0.5, 0.6) is 0 Å². The lowest BCUT2D eigenvalue weighted by Crippen LogP contribution is -2.03. The first-order valence-corrected chi connectivity index (χ1v) is 7.07. The van der Waals surface area contributed by atoms with Gasteiger partial charge in [-0.1, -0.05) is 12.1 Å². The maximum atomic E-state index is 12.5. The summed E-state index contributed by atoms with van der Waals surface area (Å²) in [5, 5.41) is 0. The third-order valence-electron chi connectivity index (χ3n) is 2.81. The van der Waals surface area contributed by atoms with Gasteiger partial charge < -0.3 is 4.74 Å². The van der Waals surface area contributed by atoms with Crippen LogP contribution in [0, 0.1) is 0 Å². The van der Waals surface area contributed by atoms with E-state index in [9.17, 15) is 18.0 Å². The molecule has 2 aromatic rings. The maximum Gasteiger partial charge on any atom is 0.416 e. The first-order chi connectivity index (χ1) is 9.86. The highest BCUT2D eigenvalue weighted by atomic mass is 32.1. The summed E-state index contributed by atoms with van der Waals surface area (Å²) in [6.07, 6.45) is -3.71. The molecule has 0 unspecified atom stereocenters. The molecule has 0 radical (unpaired) electrons. The third kappa shape index (κ3) is 4.32. The van der Waals surface area contributed by atoms with E-state index in [1.807, 2.05) is 12.1 Å². The largest absolute Gasteiger partial charge is 0.465 e. The summed E-state index contributed by atoms with van der Waals surface area (Å²) in [6, 6.07) is 8.83. The van der Waals surface area contributed by atoms with Gasteiger partial charge in [-0.3, -0.25) is 4.79 Å². The lowest BCUT2D eigenvalue weighted by molar-refractivity contribution is -0.141. The molecule has 0 amide bonds. The summed E-state index contributed by atoms with van der Waals surface area (Å²) in [7, 11) is 0. The van der Waals surface area contributed by atoms with Crippen LogP contribution in [-0.2, 0) is 22.1 Å². The van der Waals surface area contributed by atoms with E-state index in [2.05, 4.69) is 0 Å². The molecule has 0 bridgehead atoms. The van der Waals surface area contributed by atoms with E-state index in [1.165, 1.54) is 30.4 Å². The van der Waals surface area contributed by atoms with Gasteiger partial charge in [0.1, 0.15) is 0 Å². The Hall–Kier alpha value is -1.82. The smallest absolute Gasteiger partial charge is 0.416 e.